The second kappa shape index (κ2) is 57.9. The van der Waals surface area contributed by atoms with Crippen LogP contribution in [0.4, 0.5) is 0 Å². The maximum Gasteiger partial charge on any atom is 0 e. The molecule has 3 nitrogen and oxygen atoms in total. The van der Waals surface area contributed by atoms with E-state index in [1.165, 1.54) is 20.8 Å². The molecule has 0 amide bonds. The Bertz CT molecular complexity index is 372. The molecule has 0 aliphatic rings. The van der Waals surface area contributed by atoms with Crippen molar-refractivity contribution in [2.24, 2.45) is 0 Å². The van der Waals surface area contributed by atoms with Crippen LogP contribution in [0.2, 0.25) is 0 Å². The molecule has 0 saturated heterocycles. The Balaban J connectivity index is -0.0000000182. The molecule has 6 heteroatoms. The SMILES string of the molecule is C.C.C.CC.CC.CC(=O)[C-]=C(C)C.CC(=O)[C-]=C(C)C.CC(=O)[C-]=C(C)C.[Y].[Y].[Y]. The van der Waals surface area contributed by atoms with Crippen LogP contribution in [0.15, 0.2) is 16.7 Å². The largest absolute Gasteiger partial charge is 0.429 e. The van der Waals surface area contributed by atoms with E-state index in [0.717, 1.165) is 16.7 Å². The van der Waals surface area contributed by atoms with E-state index in [1.807, 2.05) is 69.2 Å². The van der Waals surface area contributed by atoms with Crippen LogP contribution < -0.4 is 0 Å². The molecule has 0 aliphatic heterocycles. The van der Waals surface area contributed by atoms with Gasteiger partial charge in [0.1, 0.15) is 0 Å². The normalized spacial score (nSPS) is 5.71. The van der Waals surface area contributed by atoms with Gasteiger partial charge in [-0.05, 0) is 38.1 Å². The molecule has 0 fully saturated rings. The maximum absolute atomic E-state index is 10.1. The van der Waals surface area contributed by atoms with Crippen molar-refractivity contribution in [3.8, 4) is 0 Å². The molecule has 0 rings (SSSR count). The first kappa shape index (κ1) is 69.8. The molecule has 0 spiro atoms. The topological polar surface area (TPSA) is 51.2 Å². The molecular weight excluding hydrogens is 615 g/mol. The van der Waals surface area contributed by atoms with Crippen LogP contribution in [0.3, 0.4) is 0 Å². The minimum Gasteiger partial charge on any atom is -0.429 e. The van der Waals surface area contributed by atoms with Gasteiger partial charge in [0.15, 0.2) is 0 Å². The summed E-state index contributed by atoms with van der Waals surface area (Å²) in [5.74, 6) is 0.00000000000000133. The van der Waals surface area contributed by atoms with Gasteiger partial charge in [0.2, 0.25) is 0 Å². The first-order valence-corrected chi connectivity index (χ1v) is 8.61. The number of allylic oxidation sites excluding steroid dienone is 6. The quantitative estimate of drug-likeness (QED) is 0.227. The van der Waals surface area contributed by atoms with Crippen LogP contribution in [0.25, 0.3) is 0 Å². The van der Waals surface area contributed by atoms with E-state index in [4.69, 9.17) is 0 Å². The zero-order valence-electron chi connectivity index (χ0n) is 20.5. The molecule has 31 heavy (non-hydrogen) atoms. The molecular formula is C25H51O3Y3-3. The molecule has 0 aromatic heterocycles. The Morgan fingerprint density at radius 2 is 0.484 bits per heavy atom. The predicted molar refractivity (Wildman–Crippen MR) is 129 cm³/mol. The van der Waals surface area contributed by atoms with Crippen LogP contribution in [-0.4, -0.2) is 17.3 Å². The fourth-order valence-electron chi connectivity index (χ4n) is 1.06. The number of carbonyl (C=O) groups is 3. The Morgan fingerprint density at radius 3 is 0.484 bits per heavy atom. The smallest absolute Gasteiger partial charge is 0 e. The molecule has 0 N–H and O–H groups in total. The van der Waals surface area contributed by atoms with Crippen molar-refractivity contribution in [2.45, 2.75) is 112 Å². The number of ketones is 3. The van der Waals surface area contributed by atoms with Crippen molar-refractivity contribution in [3.63, 3.8) is 0 Å². The monoisotopic (exact) mass is 666 g/mol. The second-order valence-electron chi connectivity index (χ2n) is 5.04. The van der Waals surface area contributed by atoms with Gasteiger partial charge in [-0.15, -0.1) is 0 Å². The molecule has 181 valence electrons. The average molecular weight is 666 g/mol. The molecule has 0 heterocycles. The van der Waals surface area contributed by atoms with Gasteiger partial charge in [0, 0.05) is 98.1 Å². The summed E-state index contributed by atoms with van der Waals surface area (Å²) in [5, 5.41) is 0. The third kappa shape index (κ3) is 150. The van der Waals surface area contributed by atoms with Gasteiger partial charge in [-0.1, -0.05) is 91.5 Å². The zero-order valence-corrected chi connectivity index (χ0v) is 29.0. The van der Waals surface area contributed by atoms with E-state index in [0.29, 0.717) is 0 Å². The van der Waals surface area contributed by atoms with Crippen LogP contribution in [0.1, 0.15) is 112 Å². The molecule has 0 bridgehead atoms. The number of Topliss-reactive ketones (excluding diaryl/α,β-unsaturated/α-hetero) is 3. The van der Waals surface area contributed by atoms with E-state index in [2.05, 4.69) is 18.2 Å². The van der Waals surface area contributed by atoms with Gasteiger partial charge in [-0.25, -0.2) is 0 Å². The fraction of sp³-hybridized carbons (Fsp3) is 0.640. The Kier molecular flexibility index (Phi) is 130. The molecule has 0 atom stereocenters. The summed E-state index contributed by atoms with van der Waals surface area (Å²) in [6.07, 6.45) is 7.75. The first-order valence-electron chi connectivity index (χ1n) is 8.61. The van der Waals surface area contributed by atoms with Crippen LogP contribution in [0.5, 0.6) is 0 Å². The summed E-state index contributed by atoms with van der Waals surface area (Å²) >= 11 is 0. The maximum atomic E-state index is 10.1. The molecule has 3 radical (unpaired) electrons. The summed E-state index contributed by atoms with van der Waals surface area (Å²) in [6.45, 7) is 23.6. The Hall–Kier alpha value is 1.54. The number of rotatable bonds is 3. The van der Waals surface area contributed by atoms with Crippen molar-refractivity contribution in [1.29, 1.82) is 0 Å². The average Bonchev–Trinajstić information content (AvgIpc) is 2.39. The summed E-state index contributed by atoms with van der Waals surface area (Å²) in [6, 6.07) is 0. The Morgan fingerprint density at radius 1 is 0.387 bits per heavy atom. The second-order valence-corrected chi connectivity index (χ2v) is 5.04. The minimum atomic E-state index is 0. The number of carbonyl (C=O) groups excluding carboxylic acids is 3. The summed E-state index contributed by atoms with van der Waals surface area (Å²) < 4.78 is 0. The summed E-state index contributed by atoms with van der Waals surface area (Å²) in [4.78, 5) is 30.4. The van der Waals surface area contributed by atoms with Gasteiger partial charge in [-0.2, -0.15) is 0 Å². The first-order chi connectivity index (χ1) is 11.4. The zero-order chi connectivity index (χ0) is 21.6. The van der Waals surface area contributed by atoms with Crippen LogP contribution in [-0.2, 0) is 113 Å². The van der Waals surface area contributed by atoms with Crippen molar-refractivity contribution >= 4 is 17.3 Å². The molecule has 0 saturated carbocycles. The van der Waals surface area contributed by atoms with Crippen LogP contribution in [0, 0.1) is 18.2 Å². The molecule has 0 aromatic carbocycles. The fourth-order valence-corrected chi connectivity index (χ4v) is 1.06. The standard InChI is InChI=1S/3C6H9O.2C2H6.3CH4.3Y/c3*1-5(2)4-6(3)7;2*1-2;;;;;;/h3*1-3H3;2*1-2H3;3*1H4;;;/q3*-1;;;;;;;;. The van der Waals surface area contributed by atoms with E-state index >= 15 is 0 Å². The van der Waals surface area contributed by atoms with Gasteiger partial charge >= 0.3 is 0 Å². The van der Waals surface area contributed by atoms with Gasteiger partial charge < -0.3 is 32.6 Å². The van der Waals surface area contributed by atoms with Crippen molar-refractivity contribution < 1.29 is 113 Å². The molecule has 0 aliphatic carbocycles. The minimum absolute atomic E-state index is 0. The van der Waals surface area contributed by atoms with E-state index in [9.17, 15) is 14.4 Å². The third-order valence-corrected chi connectivity index (χ3v) is 1.28. The van der Waals surface area contributed by atoms with Crippen LogP contribution >= 0.6 is 0 Å². The van der Waals surface area contributed by atoms with Crippen molar-refractivity contribution in [1.82, 2.24) is 0 Å². The summed E-state index contributed by atoms with van der Waals surface area (Å²) in [7, 11) is 0. The molecule has 0 unspecified atom stereocenters. The summed E-state index contributed by atoms with van der Waals surface area (Å²) in [5.41, 5.74) is 2.81. The predicted octanol–water partition coefficient (Wildman–Crippen LogP) is 7.99. The van der Waals surface area contributed by atoms with Gasteiger partial charge in [-0.3, -0.25) is 16.7 Å². The Labute approximate surface area is 273 Å². The van der Waals surface area contributed by atoms with Crippen molar-refractivity contribution in [2.75, 3.05) is 0 Å². The van der Waals surface area contributed by atoms with E-state index in [1.54, 1.807) is 0 Å². The van der Waals surface area contributed by atoms with E-state index < -0.39 is 0 Å². The van der Waals surface area contributed by atoms with E-state index in [-0.39, 0.29) is 138 Å². The number of hydrogen-bond acceptors (Lipinski definition) is 3. The number of hydrogen-bond donors (Lipinski definition) is 0. The molecule has 0 aromatic rings. The van der Waals surface area contributed by atoms with Gasteiger partial charge in [0.05, 0.1) is 0 Å². The van der Waals surface area contributed by atoms with Gasteiger partial charge in [0.25, 0.3) is 0 Å². The van der Waals surface area contributed by atoms with Crippen molar-refractivity contribution in [3.05, 3.63) is 34.9 Å². The third-order valence-electron chi connectivity index (χ3n) is 1.28.